The second-order valence-electron chi connectivity index (χ2n) is 3.17. The maximum atomic E-state index is 6.04. The smallest absolute Gasteiger partial charge is 0.121 e. The minimum Gasteiger partial charge on any atom is -0.386 e. The zero-order valence-electron chi connectivity index (χ0n) is 7.61. The van der Waals surface area contributed by atoms with Crippen LogP contribution >= 0.6 is 11.6 Å². The second kappa shape index (κ2) is 3.98. The first-order valence-electron chi connectivity index (χ1n) is 4.41. The molecule has 0 saturated heterocycles. The van der Waals surface area contributed by atoms with E-state index in [-0.39, 0.29) is 6.04 Å². The van der Waals surface area contributed by atoms with E-state index < -0.39 is 0 Å². The van der Waals surface area contributed by atoms with Crippen molar-refractivity contribution >= 4 is 17.4 Å². The highest BCUT2D eigenvalue weighted by molar-refractivity contribution is 6.31. The summed E-state index contributed by atoms with van der Waals surface area (Å²) < 4.78 is 5.29. The van der Waals surface area contributed by atoms with Crippen LogP contribution in [0.4, 0.5) is 0 Å². The summed E-state index contributed by atoms with van der Waals surface area (Å²) in [5, 5.41) is 0.708. The number of nitrogens with two attached hydrogens (primary N) is 1. The number of rotatable bonds is 1. The lowest BCUT2D eigenvalue weighted by Crippen LogP contribution is -2.27. The first kappa shape index (κ1) is 9.49. The molecule has 4 heteroatoms. The first-order chi connectivity index (χ1) is 6.77. The lowest BCUT2D eigenvalue weighted by atomic mass is 10.1. The Hall–Kier alpha value is -1.06. The second-order valence-corrected chi connectivity index (χ2v) is 3.58. The molecule has 0 amide bonds. The fourth-order valence-electron chi connectivity index (χ4n) is 1.45. The molecular weight excluding hydrogens is 200 g/mol. The third-order valence-corrected chi connectivity index (χ3v) is 2.46. The minimum absolute atomic E-state index is 0.0579. The van der Waals surface area contributed by atoms with Gasteiger partial charge in [0.05, 0.1) is 6.61 Å². The Morgan fingerprint density at radius 2 is 2.21 bits per heavy atom. The molecule has 0 aliphatic carbocycles. The van der Waals surface area contributed by atoms with E-state index in [1.807, 2.05) is 24.3 Å². The van der Waals surface area contributed by atoms with Crippen LogP contribution in [0, 0.1) is 0 Å². The van der Waals surface area contributed by atoms with Gasteiger partial charge in [-0.1, -0.05) is 29.8 Å². The molecule has 0 radical (unpaired) electrons. The molecule has 0 bridgehead atoms. The van der Waals surface area contributed by atoms with Crippen molar-refractivity contribution in [3.63, 3.8) is 0 Å². The van der Waals surface area contributed by atoms with Crippen molar-refractivity contribution in [3.8, 4) is 0 Å². The number of hydrogen-bond acceptors (Lipinski definition) is 3. The number of aliphatic imine (C=N–C) groups is 1. The molecule has 2 N–H and O–H groups in total. The van der Waals surface area contributed by atoms with Crippen LogP contribution in [0.15, 0.2) is 29.3 Å². The Morgan fingerprint density at radius 3 is 2.93 bits per heavy atom. The van der Waals surface area contributed by atoms with Crippen molar-refractivity contribution in [3.05, 3.63) is 34.9 Å². The summed E-state index contributed by atoms with van der Waals surface area (Å²) >= 11 is 6.04. The van der Waals surface area contributed by atoms with Gasteiger partial charge in [-0.15, -0.1) is 0 Å². The third-order valence-electron chi connectivity index (χ3n) is 2.11. The van der Waals surface area contributed by atoms with Gasteiger partial charge in [0, 0.05) is 5.02 Å². The molecule has 0 unspecified atom stereocenters. The lowest BCUT2D eigenvalue weighted by Gasteiger charge is -2.19. The van der Waals surface area contributed by atoms with Crippen LogP contribution in [-0.4, -0.2) is 19.0 Å². The number of benzene rings is 1. The minimum atomic E-state index is -0.0579. The van der Waals surface area contributed by atoms with Gasteiger partial charge >= 0.3 is 0 Å². The molecule has 1 aliphatic heterocycles. The molecule has 2 rings (SSSR count). The Morgan fingerprint density at radius 1 is 1.43 bits per heavy atom. The van der Waals surface area contributed by atoms with Crippen LogP contribution in [0.5, 0.6) is 0 Å². The highest BCUT2D eigenvalue weighted by atomic mass is 35.5. The van der Waals surface area contributed by atoms with Gasteiger partial charge in [-0.25, -0.2) is 0 Å². The number of nitrogens with zero attached hydrogens (tertiary/aromatic N) is 1. The summed E-state index contributed by atoms with van der Waals surface area (Å²) in [7, 11) is 0. The molecule has 1 heterocycles. The van der Waals surface area contributed by atoms with E-state index in [1.54, 1.807) is 0 Å². The summed E-state index contributed by atoms with van der Waals surface area (Å²) in [6.07, 6.45) is 0. The Balaban J connectivity index is 2.31. The monoisotopic (exact) mass is 210 g/mol. The Kier molecular flexibility index (Phi) is 2.70. The van der Waals surface area contributed by atoms with Gasteiger partial charge in [0.25, 0.3) is 0 Å². The molecule has 1 aliphatic rings. The summed E-state index contributed by atoms with van der Waals surface area (Å²) in [4.78, 5) is 4.30. The maximum absolute atomic E-state index is 6.04. The normalized spacial score (nSPS) is 21.8. The maximum Gasteiger partial charge on any atom is 0.121 e. The van der Waals surface area contributed by atoms with Crippen molar-refractivity contribution in [2.45, 2.75) is 6.04 Å². The highest BCUT2D eigenvalue weighted by Gasteiger charge is 2.17. The Labute approximate surface area is 87.5 Å². The van der Waals surface area contributed by atoms with Crippen molar-refractivity contribution in [2.75, 3.05) is 13.2 Å². The largest absolute Gasteiger partial charge is 0.386 e. The molecule has 0 saturated carbocycles. The summed E-state index contributed by atoms with van der Waals surface area (Å²) in [6, 6.07) is 7.55. The molecule has 1 aromatic rings. The fourth-order valence-corrected chi connectivity index (χ4v) is 1.72. The van der Waals surface area contributed by atoms with Gasteiger partial charge in [0.15, 0.2) is 0 Å². The quantitative estimate of drug-likeness (QED) is 0.768. The zero-order chi connectivity index (χ0) is 9.97. The highest BCUT2D eigenvalue weighted by Crippen LogP contribution is 2.26. The SMILES string of the molecule is NC1=N[C@H](c2ccccc2Cl)COC1. The van der Waals surface area contributed by atoms with Crippen LogP contribution in [0.1, 0.15) is 11.6 Å². The molecule has 3 nitrogen and oxygen atoms in total. The predicted octanol–water partition coefficient (Wildman–Crippen LogP) is 1.77. The number of ether oxygens (including phenoxy) is 1. The van der Waals surface area contributed by atoms with E-state index in [0.717, 1.165) is 5.56 Å². The molecule has 1 aromatic carbocycles. The molecule has 14 heavy (non-hydrogen) atoms. The molecule has 0 fully saturated rings. The van der Waals surface area contributed by atoms with Gasteiger partial charge in [0.2, 0.25) is 0 Å². The average molecular weight is 211 g/mol. The standard InChI is InChI=1S/C10H11ClN2O/c11-8-4-2-1-3-7(8)9-5-14-6-10(12)13-9/h1-4,9H,5-6H2,(H2,12,13)/t9-/m0/s1. The predicted molar refractivity (Wildman–Crippen MR) is 56.6 cm³/mol. The van der Waals surface area contributed by atoms with Gasteiger partial charge in [-0.2, -0.15) is 0 Å². The van der Waals surface area contributed by atoms with Crippen molar-refractivity contribution in [2.24, 2.45) is 10.7 Å². The van der Waals surface area contributed by atoms with Crippen molar-refractivity contribution in [1.29, 1.82) is 0 Å². The van der Waals surface area contributed by atoms with Crippen LogP contribution in [0.2, 0.25) is 5.02 Å². The molecule has 0 spiro atoms. The van der Waals surface area contributed by atoms with Gasteiger partial charge in [-0.05, 0) is 11.6 Å². The molecule has 0 aromatic heterocycles. The zero-order valence-corrected chi connectivity index (χ0v) is 8.37. The molecular formula is C10H11ClN2O. The number of halogens is 1. The van der Waals surface area contributed by atoms with E-state index in [4.69, 9.17) is 22.1 Å². The lowest BCUT2D eigenvalue weighted by molar-refractivity contribution is 0.143. The molecule has 1 atom stereocenters. The van der Waals surface area contributed by atoms with Crippen molar-refractivity contribution in [1.82, 2.24) is 0 Å². The summed E-state index contributed by atoms with van der Waals surface area (Å²) in [5.74, 6) is 0.529. The van der Waals surface area contributed by atoms with E-state index >= 15 is 0 Å². The van der Waals surface area contributed by atoms with Gasteiger partial charge in [0.1, 0.15) is 18.5 Å². The summed E-state index contributed by atoms with van der Waals surface area (Å²) in [5.41, 5.74) is 6.56. The van der Waals surface area contributed by atoms with E-state index in [9.17, 15) is 0 Å². The topological polar surface area (TPSA) is 47.6 Å². The van der Waals surface area contributed by atoms with Crippen LogP contribution in [0.25, 0.3) is 0 Å². The van der Waals surface area contributed by atoms with Crippen LogP contribution in [0.3, 0.4) is 0 Å². The Bertz CT molecular complexity index is 365. The van der Waals surface area contributed by atoms with Crippen LogP contribution in [-0.2, 0) is 4.74 Å². The number of hydrogen-bond donors (Lipinski definition) is 1. The third kappa shape index (κ3) is 1.89. The average Bonchev–Trinajstić information content (AvgIpc) is 2.18. The number of amidine groups is 1. The van der Waals surface area contributed by atoms with Crippen LogP contribution < -0.4 is 5.73 Å². The first-order valence-corrected chi connectivity index (χ1v) is 4.79. The van der Waals surface area contributed by atoms with Crippen molar-refractivity contribution < 1.29 is 4.74 Å². The summed E-state index contributed by atoms with van der Waals surface area (Å²) in [6.45, 7) is 0.964. The van der Waals surface area contributed by atoms with Gasteiger partial charge < -0.3 is 10.5 Å². The van der Waals surface area contributed by atoms with Gasteiger partial charge in [-0.3, -0.25) is 4.99 Å². The fraction of sp³-hybridized carbons (Fsp3) is 0.300. The van der Waals surface area contributed by atoms with E-state index in [2.05, 4.69) is 4.99 Å². The van der Waals surface area contributed by atoms with E-state index in [1.165, 1.54) is 0 Å². The van der Waals surface area contributed by atoms with E-state index in [0.29, 0.717) is 24.1 Å². The molecule has 74 valence electrons.